The monoisotopic (exact) mass is 283 g/mol. The maximum Gasteiger partial charge on any atom is 0.269 e. The van der Waals surface area contributed by atoms with E-state index in [-0.39, 0.29) is 11.5 Å². The van der Waals surface area contributed by atoms with Crippen LogP contribution in [0, 0.1) is 10.1 Å². The summed E-state index contributed by atoms with van der Waals surface area (Å²) < 4.78 is 0. The summed E-state index contributed by atoms with van der Waals surface area (Å²) in [4.78, 5) is 23.9. The number of non-ortho nitro benzene ring substituents is 1. The number of hydrogen-bond acceptors (Lipinski definition) is 4. The van der Waals surface area contributed by atoms with Crippen molar-refractivity contribution >= 4 is 29.3 Å². The van der Waals surface area contributed by atoms with Crippen LogP contribution in [0.1, 0.15) is 15.9 Å². The van der Waals surface area contributed by atoms with Gasteiger partial charge in [0.1, 0.15) is 0 Å². The zero-order chi connectivity index (χ0) is 14.1. The van der Waals surface area contributed by atoms with Crippen molar-refractivity contribution in [3.8, 4) is 0 Å². The minimum atomic E-state index is -0.442. The van der Waals surface area contributed by atoms with Gasteiger partial charge in [0, 0.05) is 22.6 Å². The molecule has 20 heavy (non-hydrogen) atoms. The summed E-state index contributed by atoms with van der Waals surface area (Å²) in [5, 5.41) is 10.6. The van der Waals surface area contributed by atoms with Crippen molar-refractivity contribution in [2.45, 2.75) is 4.90 Å². The van der Waals surface area contributed by atoms with E-state index in [4.69, 9.17) is 0 Å². The summed E-state index contributed by atoms with van der Waals surface area (Å²) in [6.07, 6.45) is 1.76. The Bertz CT molecular complexity index is 735. The Balaban J connectivity index is 1.91. The first-order valence-corrected chi connectivity index (χ1v) is 6.74. The number of nitro benzene ring substituents is 1. The summed E-state index contributed by atoms with van der Waals surface area (Å²) in [6, 6.07) is 13.6. The number of carbonyl (C=O) groups excluding carboxylic acids is 1. The number of rotatable bonds is 2. The Morgan fingerprint density at radius 3 is 2.40 bits per heavy atom. The van der Waals surface area contributed by atoms with E-state index >= 15 is 0 Å². The molecule has 0 unspecified atom stereocenters. The molecule has 1 aliphatic rings. The predicted octanol–water partition coefficient (Wildman–Crippen LogP) is 3.92. The van der Waals surface area contributed by atoms with E-state index in [0.29, 0.717) is 10.5 Å². The number of benzene rings is 2. The summed E-state index contributed by atoms with van der Waals surface area (Å²) >= 11 is 1.43. The highest BCUT2D eigenvalue weighted by molar-refractivity contribution is 8.04. The van der Waals surface area contributed by atoms with Gasteiger partial charge in [0.15, 0.2) is 0 Å². The third-order valence-electron chi connectivity index (χ3n) is 2.98. The van der Waals surface area contributed by atoms with Crippen LogP contribution in [0.15, 0.2) is 58.3 Å². The third-order valence-corrected chi connectivity index (χ3v) is 4.08. The SMILES string of the molecule is O=C1/C(=C\c2ccc([N+](=O)[O-])cc2)Sc2ccccc21. The molecule has 0 fully saturated rings. The van der Waals surface area contributed by atoms with Crippen LogP contribution in [0.5, 0.6) is 0 Å². The lowest BCUT2D eigenvalue weighted by atomic mass is 10.1. The first-order chi connectivity index (χ1) is 9.65. The molecule has 0 atom stereocenters. The summed E-state index contributed by atoms with van der Waals surface area (Å²) in [7, 11) is 0. The van der Waals surface area contributed by atoms with E-state index in [1.54, 1.807) is 24.3 Å². The molecule has 5 heteroatoms. The maximum absolute atomic E-state index is 12.2. The minimum Gasteiger partial charge on any atom is -0.288 e. The minimum absolute atomic E-state index is 0.00366. The Morgan fingerprint density at radius 1 is 1.05 bits per heavy atom. The highest BCUT2D eigenvalue weighted by Crippen LogP contribution is 2.40. The van der Waals surface area contributed by atoms with Crippen LogP contribution in [0.25, 0.3) is 6.08 Å². The number of allylic oxidation sites excluding steroid dienone is 1. The van der Waals surface area contributed by atoms with Gasteiger partial charge in [0.05, 0.1) is 9.83 Å². The van der Waals surface area contributed by atoms with Crippen molar-refractivity contribution in [2.24, 2.45) is 0 Å². The predicted molar refractivity (Wildman–Crippen MR) is 77.7 cm³/mol. The fourth-order valence-electron chi connectivity index (χ4n) is 1.98. The first kappa shape index (κ1) is 12.6. The quantitative estimate of drug-likeness (QED) is 0.476. The first-order valence-electron chi connectivity index (χ1n) is 5.93. The highest BCUT2D eigenvalue weighted by Gasteiger charge is 2.25. The molecular formula is C15H9NO3S. The van der Waals surface area contributed by atoms with E-state index in [0.717, 1.165) is 10.5 Å². The molecule has 4 nitrogen and oxygen atoms in total. The lowest BCUT2D eigenvalue weighted by Gasteiger charge is -1.96. The number of nitro groups is 1. The van der Waals surface area contributed by atoms with Gasteiger partial charge in [-0.25, -0.2) is 0 Å². The number of carbonyl (C=O) groups is 1. The van der Waals surface area contributed by atoms with Gasteiger partial charge < -0.3 is 0 Å². The smallest absolute Gasteiger partial charge is 0.269 e. The molecule has 0 aliphatic carbocycles. The molecule has 0 saturated carbocycles. The standard InChI is InChI=1S/C15H9NO3S/c17-15-12-3-1-2-4-13(12)20-14(15)9-10-5-7-11(8-6-10)16(18)19/h1-9H/b14-9+. The van der Waals surface area contributed by atoms with Gasteiger partial charge in [-0.05, 0) is 35.9 Å². The van der Waals surface area contributed by atoms with Crippen LogP contribution >= 0.6 is 11.8 Å². The highest BCUT2D eigenvalue weighted by atomic mass is 32.2. The Morgan fingerprint density at radius 2 is 1.75 bits per heavy atom. The number of Topliss-reactive ketones (excluding diaryl/α,β-unsaturated/α-hetero) is 1. The molecule has 0 amide bonds. The number of nitrogens with zero attached hydrogens (tertiary/aromatic N) is 1. The maximum atomic E-state index is 12.2. The topological polar surface area (TPSA) is 60.2 Å². The number of hydrogen-bond donors (Lipinski definition) is 0. The molecular weight excluding hydrogens is 274 g/mol. The van der Waals surface area contributed by atoms with Crippen LogP contribution in [0.2, 0.25) is 0 Å². The molecule has 0 radical (unpaired) electrons. The second-order valence-electron chi connectivity index (χ2n) is 4.28. The zero-order valence-corrected chi connectivity index (χ0v) is 11.1. The van der Waals surface area contributed by atoms with Crippen LogP contribution in [0.3, 0.4) is 0 Å². The van der Waals surface area contributed by atoms with Crippen molar-refractivity contribution in [3.05, 3.63) is 74.7 Å². The van der Waals surface area contributed by atoms with Gasteiger partial charge in [0.25, 0.3) is 5.69 Å². The van der Waals surface area contributed by atoms with Gasteiger partial charge >= 0.3 is 0 Å². The molecule has 0 N–H and O–H groups in total. The van der Waals surface area contributed by atoms with E-state index in [9.17, 15) is 14.9 Å². The van der Waals surface area contributed by atoms with Crippen molar-refractivity contribution in [1.29, 1.82) is 0 Å². The molecule has 1 aliphatic heterocycles. The van der Waals surface area contributed by atoms with E-state index < -0.39 is 4.92 Å². The van der Waals surface area contributed by atoms with Crippen LogP contribution in [-0.4, -0.2) is 10.7 Å². The molecule has 0 spiro atoms. The van der Waals surface area contributed by atoms with E-state index in [1.165, 1.54) is 23.9 Å². The number of ketones is 1. The molecule has 0 aromatic heterocycles. The average Bonchev–Trinajstić information content (AvgIpc) is 2.77. The lowest BCUT2D eigenvalue weighted by molar-refractivity contribution is -0.384. The van der Waals surface area contributed by atoms with Gasteiger partial charge in [-0.2, -0.15) is 0 Å². The normalized spacial score (nSPS) is 15.4. The van der Waals surface area contributed by atoms with Crippen molar-refractivity contribution in [3.63, 3.8) is 0 Å². The second-order valence-corrected chi connectivity index (χ2v) is 5.37. The van der Waals surface area contributed by atoms with Crippen LogP contribution in [0.4, 0.5) is 5.69 Å². The zero-order valence-electron chi connectivity index (χ0n) is 10.3. The summed E-state index contributed by atoms with van der Waals surface area (Å²) in [5.74, 6) is 0.00366. The largest absolute Gasteiger partial charge is 0.288 e. The Hall–Kier alpha value is -2.40. The molecule has 3 rings (SSSR count). The fraction of sp³-hybridized carbons (Fsp3) is 0. The van der Waals surface area contributed by atoms with E-state index in [2.05, 4.69) is 0 Å². The number of thioether (sulfide) groups is 1. The van der Waals surface area contributed by atoms with Gasteiger partial charge in [-0.15, -0.1) is 0 Å². The number of fused-ring (bicyclic) bond motifs is 1. The van der Waals surface area contributed by atoms with Crippen molar-refractivity contribution in [2.75, 3.05) is 0 Å². The molecule has 98 valence electrons. The second kappa shape index (κ2) is 4.94. The third kappa shape index (κ3) is 2.23. The van der Waals surface area contributed by atoms with Crippen molar-refractivity contribution < 1.29 is 9.72 Å². The molecule has 1 heterocycles. The molecule has 0 bridgehead atoms. The fourth-order valence-corrected chi connectivity index (χ4v) is 3.03. The van der Waals surface area contributed by atoms with Gasteiger partial charge in [-0.1, -0.05) is 23.9 Å². The Kier molecular flexibility index (Phi) is 3.12. The van der Waals surface area contributed by atoms with Crippen LogP contribution in [-0.2, 0) is 0 Å². The van der Waals surface area contributed by atoms with Crippen molar-refractivity contribution in [1.82, 2.24) is 0 Å². The van der Waals surface area contributed by atoms with E-state index in [1.807, 2.05) is 18.2 Å². The molecule has 2 aromatic carbocycles. The Labute approximate surface area is 119 Å². The summed E-state index contributed by atoms with van der Waals surface area (Å²) in [6.45, 7) is 0. The van der Waals surface area contributed by atoms with Gasteiger partial charge in [-0.3, -0.25) is 14.9 Å². The lowest BCUT2D eigenvalue weighted by Crippen LogP contribution is -1.93. The van der Waals surface area contributed by atoms with Crippen LogP contribution < -0.4 is 0 Å². The molecule has 0 saturated heterocycles. The summed E-state index contributed by atoms with van der Waals surface area (Å²) in [5.41, 5.74) is 1.53. The average molecular weight is 283 g/mol. The molecule has 2 aromatic rings. The van der Waals surface area contributed by atoms with Gasteiger partial charge in [0.2, 0.25) is 5.78 Å².